The fourth-order valence-electron chi connectivity index (χ4n) is 18.1. The standard InChI is InChI=1S/C67H128N2O3/c1-23-27-35-68(36-28-24-2)52-31-33-54-56(55-34-32-53(41-58(55)72-57(54)40-52)69(37-29-25-3)38-30-26-4)39-51(59(70)71)42-60(7,8)43-61(9,10)44-62(11,12)45-63(13,14)46-64(15,16)47-65(17,18)48-66(19,20)49-67(21,22)50(5)6/h50-55,57-58H,23-49H2,1-22H3/p+1. The highest BCUT2D eigenvalue weighted by Gasteiger charge is 2.59. The third kappa shape index (κ3) is 21.6. The molecule has 1 aliphatic heterocycles. The molecule has 0 aromatic carbocycles. The van der Waals surface area contributed by atoms with Gasteiger partial charge in [-0.3, -0.25) is 4.79 Å². The van der Waals surface area contributed by atoms with Crippen molar-refractivity contribution in [3.8, 4) is 0 Å². The van der Waals surface area contributed by atoms with Crippen molar-refractivity contribution >= 4 is 5.97 Å². The van der Waals surface area contributed by atoms with Crippen LogP contribution in [0.4, 0.5) is 0 Å². The Morgan fingerprint density at radius 1 is 0.500 bits per heavy atom. The van der Waals surface area contributed by atoms with E-state index < -0.39 is 5.97 Å². The molecule has 3 aliphatic rings. The fraction of sp³-hybridized carbons (Fsp3) is 0.970. The first kappa shape index (κ1) is 65.5. The molecular weight excluding hydrogens is 881 g/mol. The van der Waals surface area contributed by atoms with E-state index in [9.17, 15) is 9.90 Å². The highest BCUT2D eigenvalue weighted by molar-refractivity contribution is 5.70. The molecule has 0 aromatic rings. The number of rotatable bonds is 34. The van der Waals surface area contributed by atoms with E-state index in [0.29, 0.717) is 40.7 Å². The maximum absolute atomic E-state index is 13.7. The molecule has 0 bridgehead atoms. The Hall–Kier alpha value is -0.780. The lowest BCUT2D eigenvalue weighted by molar-refractivity contribution is -0.155. The summed E-state index contributed by atoms with van der Waals surface area (Å²) in [5.74, 6) is 2.13. The maximum atomic E-state index is 13.7. The van der Waals surface area contributed by atoms with E-state index in [0.717, 1.165) is 51.4 Å². The van der Waals surface area contributed by atoms with Gasteiger partial charge in [-0.05, 0) is 191 Å². The fourth-order valence-corrected chi connectivity index (χ4v) is 18.1. The second kappa shape index (κ2) is 27.2. The van der Waals surface area contributed by atoms with Crippen molar-refractivity contribution in [2.45, 2.75) is 324 Å². The number of ether oxygens (including phenoxy) is 1. The molecule has 0 spiro atoms. The predicted octanol–water partition coefficient (Wildman–Crippen LogP) is 19.5. The molecule has 1 saturated heterocycles. The van der Waals surface area contributed by atoms with Gasteiger partial charge in [-0.2, -0.15) is 0 Å². The molecule has 72 heavy (non-hydrogen) atoms. The van der Waals surface area contributed by atoms with Crippen LogP contribution in [0, 0.1) is 72.9 Å². The van der Waals surface area contributed by atoms with E-state index in [2.05, 4.69) is 162 Å². The summed E-state index contributed by atoms with van der Waals surface area (Å²) in [5, 5.41) is 11.3. The Bertz CT molecular complexity index is 1510. The molecule has 0 aromatic heterocycles. The number of aliphatic carboxylic acids is 1. The van der Waals surface area contributed by atoms with Crippen molar-refractivity contribution in [1.29, 1.82) is 0 Å². The number of hydrogen-bond donors (Lipinski definition) is 1. The van der Waals surface area contributed by atoms with Crippen LogP contribution in [0.2, 0.25) is 0 Å². The maximum Gasteiger partial charge on any atom is 0.310 e. The minimum atomic E-state index is -0.582. The van der Waals surface area contributed by atoms with Crippen LogP contribution in [0.1, 0.15) is 300 Å². The minimum Gasteiger partial charge on any atom is -0.481 e. The van der Waals surface area contributed by atoms with Gasteiger partial charge < -0.3 is 19.6 Å². The topological polar surface area (TPSA) is 53.0 Å². The zero-order valence-electron chi connectivity index (χ0n) is 52.9. The number of carbonyl (C=O) groups is 1. The molecule has 3 fully saturated rings. The van der Waals surface area contributed by atoms with Gasteiger partial charge in [0, 0.05) is 12.1 Å². The largest absolute Gasteiger partial charge is 0.481 e. The third-order valence-corrected chi connectivity index (χ3v) is 18.9. The highest BCUT2D eigenvalue weighted by atomic mass is 16.5. The van der Waals surface area contributed by atoms with E-state index in [-0.39, 0.29) is 50.6 Å². The molecule has 0 radical (unpaired) electrons. The smallest absolute Gasteiger partial charge is 0.310 e. The van der Waals surface area contributed by atoms with E-state index in [4.69, 9.17) is 4.74 Å². The van der Waals surface area contributed by atoms with Crippen LogP contribution >= 0.6 is 0 Å². The Kier molecular flexibility index (Phi) is 24.7. The van der Waals surface area contributed by atoms with Crippen molar-refractivity contribution in [3.05, 3.63) is 5.92 Å². The number of hydrogen-bond acceptors (Lipinski definition) is 4. The van der Waals surface area contributed by atoms with Gasteiger partial charge in [-0.1, -0.05) is 178 Å². The van der Waals surface area contributed by atoms with Crippen LogP contribution in [-0.2, 0) is 9.53 Å². The van der Waals surface area contributed by atoms with Crippen molar-refractivity contribution < 1.29 is 14.6 Å². The minimum absolute atomic E-state index is 0.0839. The Morgan fingerprint density at radius 2 is 0.806 bits per heavy atom. The first-order valence-electron chi connectivity index (χ1n) is 31.2. The quantitative estimate of drug-likeness (QED) is 0.0651. The molecule has 5 nitrogen and oxygen atoms in total. The van der Waals surface area contributed by atoms with Crippen molar-refractivity contribution in [1.82, 2.24) is 9.80 Å². The molecule has 5 heteroatoms. The number of carboxylic acids is 1. The van der Waals surface area contributed by atoms with Crippen molar-refractivity contribution in [2.75, 3.05) is 26.2 Å². The van der Waals surface area contributed by atoms with E-state index in [1.54, 1.807) is 5.92 Å². The Labute approximate surface area is 451 Å². The second-order valence-corrected chi connectivity index (χ2v) is 32.4. The zero-order chi connectivity index (χ0) is 54.7. The molecular formula is C67H129N2O3+. The first-order chi connectivity index (χ1) is 33.0. The summed E-state index contributed by atoms with van der Waals surface area (Å²) in [7, 11) is 0. The van der Waals surface area contributed by atoms with Crippen LogP contribution in [0.15, 0.2) is 0 Å². The van der Waals surface area contributed by atoms with Crippen molar-refractivity contribution in [2.24, 2.45) is 67.0 Å². The summed E-state index contributed by atoms with van der Waals surface area (Å²) >= 11 is 0. The molecule has 2 aliphatic carbocycles. The van der Waals surface area contributed by atoms with E-state index >= 15 is 0 Å². The second-order valence-electron chi connectivity index (χ2n) is 32.4. The average molecular weight is 1010 g/mol. The van der Waals surface area contributed by atoms with E-state index in [1.165, 1.54) is 122 Å². The van der Waals surface area contributed by atoms with Gasteiger partial charge in [0.2, 0.25) is 0 Å². The summed E-state index contributed by atoms with van der Waals surface area (Å²) in [6, 6.07) is 1.15. The number of fused-ring (bicyclic) bond motifs is 2. The summed E-state index contributed by atoms with van der Waals surface area (Å²) in [5.41, 5.74) is 1.51. The summed E-state index contributed by atoms with van der Waals surface area (Å²) < 4.78 is 7.46. The van der Waals surface area contributed by atoms with Gasteiger partial charge in [0.05, 0.1) is 5.92 Å². The van der Waals surface area contributed by atoms with E-state index in [1.807, 2.05) is 0 Å². The summed E-state index contributed by atoms with van der Waals surface area (Å²) in [6.45, 7) is 58.9. The van der Waals surface area contributed by atoms with Gasteiger partial charge in [0.15, 0.2) is 0 Å². The third-order valence-electron chi connectivity index (χ3n) is 18.9. The monoisotopic (exact) mass is 1010 g/mol. The number of carboxylic acid groups (broad SMARTS) is 1. The lowest BCUT2D eigenvalue weighted by Crippen LogP contribution is -2.56. The SMILES string of the molecule is CCCCN(CCCC)C1CCC2[C+](CC(CC(C)(C)CC(C)(C)CC(C)(C)CC(C)(C)CC(C)(C)CC(C)(C)CC(C)(C)CC(C)(C)C(C)C)C(=O)O)C3CCC(N(CCCC)CCCC)CC3OC2C1. The molecule has 7 unspecified atom stereocenters. The van der Waals surface area contributed by atoms with Crippen LogP contribution in [0.25, 0.3) is 0 Å². The number of nitrogens with zero attached hydrogens (tertiary/aromatic N) is 2. The highest BCUT2D eigenvalue weighted by Crippen LogP contribution is 2.56. The van der Waals surface area contributed by atoms with Gasteiger partial charge in [0.25, 0.3) is 0 Å². The summed E-state index contributed by atoms with van der Waals surface area (Å²) in [6.07, 6.45) is 27.2. The lowest BCUT2D eigenvalue weighted by atomic mass is 9.58. The molecule has 1 heterocycles. The predicted molar refractivity (Wildman–Crippen MR) is 315 cm³/mol. The summed E-state index contributed by atoms with van der Waals surface area (Å²) in [4.78, 5) is 19.3. The zero-order valence-corrected chi connectivity index (χ0v) is 52.9. The molecule has 0 amide bonds. The molecule has 7 atom stereocenters. The van der Waals surface area contributed by atoms with Gasteiger partial charge >= 0.3 is 5.97 Å². The molecule has 1 N–H and O–H groups in total. The van der Waals surface area contributed by atoms with Gasteiger partial charge in [-0.25, -0.2) is 0 Å². The van der Waals surface area contributed by atoms with Gasteiger partial charge in [-0.15, -0.1) is 0 Å². The molecule has 424 valence electrons. The average Bonchev–Trinajstić information content (AvgIpc) is 3.19. The first-order valence-corrected chi connectivity index (χ1v) is 31.2. The van der Waals surface area contributed by atoms with Crippen LogP contribution < -0.4 is 0 Å². The van der Waals surface area contributed by atoms with Crippen molar-refractivity contribution in [3.63, 3.8) is 0 Å². The Morgan fingerprint density at radius 3 is 1.10 bits per heavy atom. The normalized spacial score (nSPS) is 23.8. The lowest BCUT2D eigenvalue weighted by Gasteiger charge is -2.50. The number of unbranched alkanes of at least 4 members (excludes halogenated alkanes) is 4. The molecule has 2 saturated carbocycles. The Balaban J connectivity index is 1.79. The van der Waals surface area contributed by atoms with Crippen LogP contribution in [0.3, 0.4) is 0 Å². The van der Waals surface area contributed by atoms with Gasteiger partial charge in [0.1, 0.15) is 36.4 Å². The van der Waals surface area contributed by atoms with Crippen LogP contribution in [0.5, 0.6) is 0 Å². The van der Waals surface area contributed by atoms with Crippen LogP contribution in [-0.4, -0.2) is 71.3 Å². The molecule has 3 rings (SSSR count).